The molecule has 0 aliphatic carbocycles. The van der Waals surface area contributed by atoms with Gasteiger partial charge >= 0.3 is 0 Å². The minimum absolute atomic E-state index is 0.0450. The van der Waals surface area contributed by atoms with Gasteiger partial charge in [-0.15, -0.1) is 0 Å². The summed E-state index contributed by atoms with van der Waals surface area (Å²) in [5, 5.41) is 10.9. The van der Waals surface area contributed by atoms with E-state index < -0.39 is 0 Å². The number of hydrogen-bond donors (Lipinski definition) is 2. The molecular weight excluding hydrogens is 364 g/mol. The zero-order valence-electron chi connectivity index (χ0n) is 18.3. The standard InChI is InChI=1S/C22H34N6O/c1-6-23-22(27(4)15-19-16-28(5)26-20(19)17(2)3)25-14-10-13-24-21(29)18-11-8-7-9-12-18/h7-9,11-12,16-17H,6,10,13-15H2,1-5H3,(H,23,25)(H,24,29). The summed E-state index contributed by atoms with van der Waals surface area (Å²) in [5.41, 5.74) is 3.02. The van der Waals surface area contributed by atoms with Gasteiger partial charge in [0.1, 0.15) is 0 Å². The number of carbonyl (C=O) groups is 1. The molecule has 0 aliphatic rings. The Hall–Kier alpha value is -2.83. The lowest BCUT2D eigenvalue weighted by Gasteiger charge is -2.22. The first-order valence-corrected chi connectivity index (χ1v) is 10.3. The Morgan fingerprint density at radius 3 is 2.62 bits per heavy atom. The first-order valence-electron chi connectivity index (χ1n) is 10.3. The molecule has 0 unspecified atom stereocenters. The van der Waals surface area contributed by atoms with Crippen LogP contribution in [0.25, 0.3) is 0 Å². The molecule has 0 radical (unpaired) electrons. The predicted octanol–water partition coefficient (Wildman–Crippen LogP) is 2.76. The summed E-state index contributed by atoms with van der Waals surface area (Å²) in [6.45, 7) is 9.18. The highest BCUT2D eigenvalue weighted by atomic mass is 16.1. The maximum absolute atomic E-state index is 12.1. The van der Waals surface area contributed by atoms with E-state index in [0.29, 0.717) is 24.6 Å². The number of benzene rings is 1. The minimum atomic E-state index is -0.0450. The fraction of sp³-hybridized carbons (Fsp3) is 0.500. The second kappa shape index (κ2) is 11.2. The second-order valence-corrected chi connectivity index (χ2v) is 7.44. The van der Waals surface area contributed by atoms with Crippen LogP contribution in [0.15, 0.2) is 41.5 Å². The zero-order valence-corrected chi connectivity index (χ0v) is 18.3. The number of nitrogens with one attached hydrogen (secondary N) is 2. The van der Waals surface area contributed by atoms with Crippen molar-refractivity contribution in [2.45, 2.75) is 39.7 Å². The zero-order chi connectivity index (χ0) is 21.2. The Morgan fingerprint density at radius 1 is 1.24 bits per heavy atom. The Labute approximate surface area is 174 Å². The van der Waals surface area contributed by atoms with Crippen LogP contribution in [0, 0.1) is 0 Å². The number of aryl methyl sites for hydroxylation is 1. The largest absolute Gasteiger partial charge is 0.357 e. The quantitative estimate of drug-likeness (QED) is 0.387. The molecule has 2 aromatic rings. The fourth-order valence-electron chi connectivity index (χ4n) is 3.12. The van der Waals surface area contributed by atoms with Crippen molar-refractivity contribution in [2.75, 3.05) is 26.7 Å². The summed E-state index contributed by atoms with van der Waals surface area (Å²) >= 11 is 0. The van der Waals surface area contributed by atoms with E-state index in [1.807, 2.05) is 49.1 Å². The van der Waals surface area contributed by atoms with Gasteiger partial charge in [-0.3, -0.25) is 14.5 Å². The van der Waals surface area contributed by atoms with Crippen LogP contribution in [0.1, 0.15) is 54.7 Å². The molecule has 1 amide bonds. The maximum atomic E-state index is 12.1. The van der Waals surface area contributed by atoms with Crippen LogP contribution >= 0.6 is 0 Å². The van der Waals surface area contributed by atoms with Crippen LogP contribution in [0.5, 0.6) is 0 Å². The van der Waals surface area contributed by atoms with Gasteiger partial charge < -0.3 is 15.5 Å². The third-order valence-electron chi connectivity index (χ3n) is 4.51. The van der Waals surface area contributed by atoms with Crippen LogP contribution < -0.4 is 10.6 Å². The highest BCUT2D eigenvalue weighted by Crippen LogP contribution is 2.18. The molecule has 0 atom stereocenters. The second-order valence-electron chi connectivity index (χ2n) is 7.44. The van der Waals surface area contributed by atoms with Crippen molar-refractivity contribution >= 4 is 11.9 Å². The van der Waals surface area contributed by atoms with Gasteiger partial charge in [-0.2, -0.15) is 5.10 Å². The van der Waals surface area contributed by atoms with Crippen LogP contribution in [-0.4, -0.2) is 53.2 Å². The van der Waals surface area contributed by atoms with E-state index in [1.54, 1.807) is 0 Å². The molecule has 0 spiro atoms. The molecule has 7 nitrogen and oxygen atoms in total. The smallest absolute Gasteiger partial charge is 0.251 e. The highest BCUT2D eigenvalue weighted by molar-refractivity contribution is 5.94. The van der Waals surface area contributed by atoms with E-state index in [1.165, 1.54) is 5.56 Å². The van der Waals surface area contributed by atoms with Gasteiger partial charge in [-0.1, -0.05) is 32.0 Å². The Balaban J connectivity index is 1.87. The number of rotatable bonds is 9. The van der Waals surface area contributed by atoms with E-state index in [9.17, 15) is 4.79 Å². The van der Waals surface area contributed by atoms with E-state index in [2.05, 4.69) is 47.6 Å². The summed E-state index contributed by atoms with van der Waals surface area (Å²) in [5.74, 6) is 1.20. The van der Waals surface area contributed by atoms with Crippen molar-refractivity contribution < 1.29 is 4.79 Å². The molecule has 2 N–H and O–H groups in total. The molecule has 158 valence electrons. The molecule has 1 aromatic heterocycles. The van der Waals surface area contributed by atoms with E-state index in [4.69, 9.17) is 4.99 Å². The molecule has 0 fully saturated rings. The van der Waals surface area contributed by atoms with Gasteiger partial charge in [0.2, 0.25) is 0 Å². The topological polar surface area (TPSA) is 74.6 Å². The molecule has 0 saturated carbocycles. The number of amides is 1. The molecule has 0 saturated heterocycles. The van der Waals surface area contributed by atoms with Crippen LogP contribution in [0.2, 0.25) is 0 Å². The summed E-state index contributed by atoms with van der Waals surface area (Å²) in [4.78, 5) is 18.9. The van der Waals surface area contributed by atoms with E-state index in [0.717, 1.165) is 31.2 Å². The summed E-state index contributed by atoms with van der Waals surface area (Å²) in [6.07, 6.45) is 2.86. The van der Waals surface area contributed by atoms with Crippen molar-refractivity contribution in [1.29, 1.82) is 0 Å². The molecule has 1 heterocycles. The lowest BCUT2D eigenvalue weighted by molar-refractivity contribution is 0.0953. The summed E-state index contributed by atoms with van der Waals surface area (Å²) < 4.78 is 1.87. The number of hydrogen-bond acceptors (Lipinski definition) is 3. The van der Waals surface area contributed by atoms with Gasteiger partial charge in [0.25, 0.3) is 5.91 Å². The van der Waals surface area contributed by atoms with E-state index in [-0.39, 0.29) is 5.91 Å². The molecule has 0 bridgehead atoms. The van der Waals surface area contributed by atoms with Gasteiger partial charge in [0.05, 0.1) is 5.69 Å². The monoisotopic (exact) mass is 398 g/mol. The molecule has 0 aliphatic heterocycles. The Bertz CT molecular complexity index is 797. The maximum Gasteiger partial charge on any atom is 0.251 e. The number of carbonyl (C=O) groups excluding carboxylic acids is 1. The van der Waals surface area contributed by atoms with Crippen LogP contribution in [0.4, 0.5) is 0 Å². The van der Waals surface area contributed by atoms with Gasteiger partial charge in [-0.25, -0.2) is 0 Å². The third kappa shape index (κ3) is 6.93. The fourth-order valence-corrected chi connectivity index (χ4v) is 3.12. The number of aliphatic imine (C=N–C) groups is 1. The lowest BCUT2D eigenvalue weighted by Crippen LogP contribution is -2.38. The first-order chi connectivity index (χ1) is 13.9. The predicted molar refractivity (Wildman–Crippen MR) is 118 cm³/mol. The summed E-state index contributed by atoms with van der Waals surface area (Å²) in [6, 6.07) is 9.26. The molecule has 7 heteroatoms. The van der Waals surface area contributed by atoms with Crippen molar-refractivity contribution in [3.8, 4) is 0 Å². The average molecular weight is 399 g/mol. The van der Waals surface area contributed by atoms with Crippen LogP contribution in [0.3, 0.4) is 0 Å². The number of nitrogens with zero attached hydrogens (tertiary/aromatic N) is 4. The number of aromatic nitrogens is 2. The van der Waals surface area contributed by atoms with Crippen molar-refractivity contribution in [1.82, 2.24) is 25.3 Å². The third-order valence-corrected chi connectivity index (χ3v) is 4.51. The molecule has 29 heavy (non-hydrogen) atoms. The number of guanidine groups is 1. The molecular formula is C22H34N6O. The first kappa shape index (κ1) is 22.5. The Morgan fingerprint density at radius 2 is 1.97 bits per heavy atom. The summed E-state index contributed by atoms with van der Waals surface area (Å²) in [7, 11) is 3.99. The normalized spacial score (nSPS) is 11.6. The van der Waals surface area contributed by atoms with E-state index >= 15 is 0 Å². The van der Waals surface area contributed by atoms with Crippen molar-refractivity contribution in [2.24, 2.45) is 12.0 Å². The molecule has 1 aromatic carbocycles. The average Bonchev–Trinajstić information content (AvgIpc) is 3.07. The van der Waals surface area contributed by atoms with Crippen LogP contribution in [-0.2, 0) is 13.6 Å². The van der Waals surface area contributed by atoms with Gasteiger partial charge in [0, 0.05) is 57.6 Å². The SMILES string of the molecule is CCNC(=NCCCNC(=O)c1ccccc1)N(C)Cc1cn(C)nc1C(C)C. The molecule has 2 rings (SSSR count). The van der Waals surface area contributed by atoms with Crippen molar-refractivity contribution in [3.63, 3.8) is 0 Å². The van der Waals surface area contributed by atoms with Crippen molar-refractivity contribution in [3.05, 3.63) is 53.3 Å². The Kier molecular flexibility index (Phi) is 8.70. The van der Waals surface area contributed by atoms with Gasteiger partial charge in [-0.05, 0) is 31.4 Å². The lowest BCUT2D eigenvalue weighted by atomic mass is 10.1. The minimum Gasteiger partial charge on any atom is -0.357 e. The van der Waals surface area contributed by atoms with Gasteiger partial charge in [0.15, 0.2) is 5.96 Å². The highest BCUT2D eigenvalue weighted by Gasteiger charge is 2.15.